The lowest BCUT2D eigenvalue weighted by molar-refractivity contribution is -0.570. The van der Waals surface area contributed by atoms with Gasteiger partial charge in [0.05, 0.1) is 44.4 Å². The molecule has 0 atom stereocenters. The molecule has 374 valence electrons. The first-order chi connectivity index (χ1) is 47.2. The Kier molecular flexibility index (Phi) is 6.28. The van der Waals surface area contributed by atoms with E-state index in [1.54, 1.807) is 102 Å². The molecule has 0 N–H and O–H groups in total. The highest BCUT2D eigenvalue weighted by atomic mass is 16.5. The molecule has 3 aromatic heterocycles. The van der Waals surface area contributed by atoms with Gasteiger partial charge in [0.1, 0.15) is 17.3 Å². The van der Waals surface area contributed by atoms with Gasteiger partial charge in [-0.05, 0) is 150 Å². The quantitative estimate of drug-likeness (QED) is 0.123. The summed E-state index contributed by atoms with van der Waals surface area (Å²) in [6, 6.07) is 39.4. The van der Waals surface area contributed by atoms with E-state index in [9.17, 15) is 12.3 Å². The number of para-hydroxylation sites is 3. The third-order valence-electron chi connectivity index (χ3n) is 14.6. The number of hydrogen-bond acceptors (Lipinski definition) is 2. The van der Waals surface area contributed by atoms with Gasteiger partial charge in [0, 0.05) is 45.0 Å². The fourth-order valence-electron chi connectivity index (χ4n) is 11.0. The van der Waals surface area contributed by atoms with Crippen molar-refractivity contribution in [2.75, 3.05) is 0 Å². The lowest BCUT2D eigenvalue weighted by Crippen LogP contribution is -2.34. The zero-order chi connectivity index (χ0) is 72.9. The number of ether oxygens (including phenoxy) is 1. The van der Waals surface area contributed by atoms with Crippen LogP contribution < -0.4 is 9.30 Å². The number of hydrogen-bond donors (Lipinski definition) is 0. The Morgan fingerprint density at radius 3 is 2.06 bits per heavy atom. The van der Waals surface area contributed by atoms with Crippen LogP contribution in [0.4, 0.5) is 0 Å². The lowest BCUT2D eigenvalue weighted by atomic mass is 9.63. The Balaban J connectivity index is 1.09. The SMILES string of the molecule is [2H]c1c([2H])c([2H])c(-c2cccc3c2-c2cccc4c2[n+]([c-]n4-c2cccc(Oc4ccc5c6ccccc6n(-c6cc(C(C)(C)C)ccn6)c5c4)c2)-c2c(cccc2-c2c([2H])c([2H])c4c(c2[2H])C(C([2H])([2H])[2H])(C([2H])([2H])[2H])C([2H])([2H])C([2H])([2H])C4(C([2H])([2H])[2H])C([2H])([2H])[2H])-c2ccccc2-3)c([2H])c1[2H]. The molecule has 9 aromatic carbocycles. The van der Waals surface area contributed by atoms with Gasteiger partial charge in [-0.25, -0.2) is 4.98 Å². The summed E-state index contributed by atoms with van der Waals surface area (Å²) < 4.78 is 234. The Labute approximate surface area is 485 Å². The maximum Gasteiger partial charge on any atom is 0.269 e. The van der Waals surface area contributed by atoms with E-state index in [-0.39, 0.29) is 38.9 Å². The van der Waals surface area contributed by atoms with Gasteiger partial charge >= 0.3 is 0 Å². The second-order valence-electron chi connectivity index (χ2n) is 20.5. The minimum absolute atomic E-state index is 0.0475. The predicted molar refractivity (Wildman–Crippen MR) is 317 cm³/mol. The Morgan fingerprint density at radius 2 is 1.25 bits per heavy atom. The van der Waals surface area contributed by atoms with Gasteiger partial charge in [-0.1, -0.05) is 200 Å². The molecule has 0 fully saturated rings. The first kappa shape index (κ1) is 27.8. The normalized spacial score (nSPS) is 20.8. The van der Waals surface area contributed by atoms with Gasteiger partial charge < -0.3 is 4.74 Å². The van der Waals surface area contributed by atoms with E-state index in [1.807, 2.05) is 48.5 Å². The minimum Gasteiger partial charge on any atom is -0.458 e. The van der Waals surface area contributed by atoms with Crippen molar-refractivity contribution in [3.8, 4) is 84.3 Å². The third-order valence-corrected chi connectivity index (χ3v) is 14.6. The van der Waals surface area contributed by atoms with Crippen LogP contribution in [0.15, 0.2) is 212 Å². The van der Waals surface area contributed by atoms with Crippen LogP contribution >= 0.6 is 0 Å². The fraction of sp³-hybridized carbons (Fsp3) is 0.167. The molecular formula is C72H60N4O. The fourth-order valence-corrected chi connectivity index (χ4v) is 11.0. The van der Waals surface area contributed by atoms with Crippen molar-refractivity contribution in [2.24, 2.45) is 0 Å². The number of fused-ring (bicyclic) bond motifs is 11. The van der Waals surface area contributed by atoms with Crippen molar-refractivity contribution < 1.29 is 42.2 Å². The van der Waals surface area contributed by atoms with E-state index in [4.69, 9.17) is 30.3 Å². The van der Waals surface area contributed by atoms with Crippen molar-refractivity contribution in [2.45, 2.75) is 77.2 Å². The number of benzene rings is 9. The van der Waals surface area contributed by atoms with E-state index in [2.05, 4.69) is 37.7 Å². The van der Waals surface area contributed by atoms with Crippen molar-refractivity contribution in [3.05, 3.63) is 235 Å². The van der Waals surface area contributed by atoms with Gasteiger partial charge in [0.2, 0.25) is 0 Å². The highest BCUT2D eigenvalue weighted by Crippen LogP contribution is 2.51. The summed E-state index contributed by atoms with van der Waals surface area (Å²) in [7, 11) is 0. The van der Waals surface area contributed by atoms with Crippen LogP contribution in [0.1, 0.15) is 111 Å². The van der Waals surface area contributed by atoms with Crippen LogP contribution in [0.3, 0.4) is 0 Å². The summed E-state index contributed by atoms with van der Waals surface area (Å²) in [4.78, 5) is 4.84. The van der Waals surface area contributed by atoms with Crippen molar-refractivity contribution in [1.82, 2.24) is 14.1 Å². The molecule has 5 nitrogen and oxygen atoms in total. The molecule has 77 heavy (non-hydrogen) atoms. The molecule has 0 saturated carbocycles. The molecule has 0 amide bonds. The molecule has 0 spiro atoms. The summed E-state index contributed by atoms with van der Waals surface area (Å²) in [5.74, 6) is 1.47. The van der Waals surface area contributed by atoms with Crippen LogP contribution in [-0.2, 0) is 16.2 Å². The summed E-state index contributed by atoms with van der Waals surface area (Å²) in [6.07, 6.45) is -3.86. The van der Waals surface area contributed by atoms with Crippen LogP contribution in [0.25, 0.3) is 106 Å². The van der Waals surface area contributed by atoms with E-state index in [0.717, 1.165) is 27.4 Å². The molecule has 0 radical (unpaired) electrons. The number of imidazole rings is 1. The van der Waals surface area contributed by atoms with Crippen LogP contribution in [-0.4, -0.2) is 14.1 Å². The molecule has 0 bridgehead atoms. The van der Waals surface area contributed by atoms with Crippen molar-refractivity contribution in [1.29, 1.82) is 0 Å². The zero-order valence-corrected chi connectivity index (χ0v) is 41.8. The molecule has 14 rings (SSSR count). The monoisotopic (exact) mass is 1020 g/mol. The average Bonchev–Trinajstić information content (AvgIpc) is 1.10. The van der Waals surface area contributed by atoms with Crippen LogP contribution in [0, 0.1) is 6.33 Å². The topological polar surface area (TPSA) is 35.9 Å². The molecule has 1 aliphatic heterocycles. The standard InChI is InChI=1S/C72H60N4O/c1-70(2,3)48-37-40-73-66(42-48)76-63-31-14-13-25-56(63)57-35-34-51(44-65(57)76)77-50-22-15-21-49(43-50)74-45-75-68-53(47-33-36-61-62(41-47)72(6,7)39-38-71(61,4)5)27-17-29-59(68)55-24-12-11-23-54(55)58-28-16-26-52(46-19-9-8-10-20-46)67(58)60-30-18-32-64(74)69(60)75/h8-37,40-44H,38-39H2,1-7H3/i4D3,5D3,6D3,7D3,8D,9D,10D,19D,20D,33D,36D,38D2,39D2,41D. The van der Waals surface area contributed by atoms with Crippen LogP contribution in [0.5, 0.6) is 11.5 Å². The number of rotatable bonds is 6. The van der Waals surface area contributed by atoms with Crippen molar-refractivity contribution in [3.63, 3.8) is 0 Å². The average molecular weight is 1020 g/mol. The van der Waals surface area contributed by atoms with E-state index in [0.29, 0.717) is 56.3 Å². The summed E-state index contributed by atoms with van der Waals surface area (Å²) in [5, 5.41) is 1.92. The second kappa shape index (κ2) is 17.4. The first-order valence-electron chi connectivity index (χ1n) is 37.0. The molecule has 4 heterocycles. The summed E-state index contributed by atoms with van der Waals surface area (Å²) >= 11 is 0. The van der Waals surface area contributed by atoms with E-state index >= 15 is 0 Å². The van der Waals surface area contributed by atoms with Gasteiger partial charge in [0.15, 0.2) is 0 Å². The van der Waals surface area contributed by atoms with Gasteiger partial charge in [-0.15, -0.1) is 0 Å². The van der Waals surface area contributed by atoms with Gasteiger partial charge in [-0.2, -0.15) is 0 Å². The summed E-state index contributed by atoms with van der Waals surface area (Å²) in [5.41, 5.74) is -7.45. The minimum atomic E-state index is -4.59. The summed E-state index contributed by atoms with van der Waals surface area (Å²) in [6.45, 7) is -10.8. The predicted octanol–water partition coefficient (Wildman–Crippen LogP) is 18.3. The number of nitrogens with zero attached hydrogens (tertiary/aromatic N) is 4. The Hall–Kier alpha value is -8.80. The Morgan fingerprint density at radius 1 is 0.584 bits per heavy atom. The number of aromatic nitrogens is 4. The van der Waals surface area contributed by atoms with Gasteiger partial charge in [-0.3, -0.25) is 13.7 Å². The van der Waals surface area contributed by atoms with E-state index < -0.39 is 116 Å². The van der Waals surface area contributed by atoms with E-state index in [1.165, 1.54) is 16.7 Å². The Bertz CT molecular complexity index is 5460. The number of pyridine rings is 1. The molecular weight excluding hydrogens is 937 g/mol. The maximum absolute atomic E-state index is 10.5. The maximum atomic E-state index is 10.5. The lowest BCUT2D eigenvalue weighted by Gasteiger charge is -2.42. The third kappa shape index (κ3) is 7.57. The molecule has 2 aliphatic rings. The molecule has 1 aliphatic carbocycles. The smallest absolute Gasteiger partial charge is 0.269 e. The second-order valence-corrected chi connectivity index (χ2v) is 20.5. The van der Waals surface area contributed by atoms with Gasteiger partial charge in [0.25, 0.3) is 6.33 Å². The molecule has 0 saturated heterocycles. The van der Waals surface area contributed by atoms with Crippen LogP contribution in [0.2, 0.25) is 0 Å². The largest absolute Gasteiger partial charge is 0.458 e. The first-order valence-corrected chi connectivity index (χ1v) is 25.0. The zero-order valence-electron chi connectivity index (χ0n) is 65.8. The molecule has 12 aromatic rings. The van der Waals surface area contributed by atoms with Crippen molar-refractivity contribution >= 4 is 32.8 Å². The molecule has 0 unspecified atom stereocenters. The molecule has 5 heteroatoms. The highest BCUT2D eigenvalue weighted by molar-refractivity contribution is 6.10. The highest BCUT2D eigenvalue weighted by Gasteiger charge is 2.37.